The predicted octanol–water partition coefficient (Wildman–Crippen LogP) is 7.10. The third kappa shape index (κ3) is 5.65. The topological polar surface area (TPSA) is 95.3 Å². The van der Waals surface area contributed by atoms with Crippen LogP contribution in [0, 0.1) is 0 Å². The number of esters is 1. The number of benzene rings is 4. The van der Waals surface area contributed by atoms with Gasteiger partial charge in [-0.05, 0) is 67.6 Å². The molecule has 194 valence electrons. The molecule has 0 bridgehead atoms. The molecule has 0 radical (unpaired) electrons. The summed E-state index contributed by atoms with van der Waals surface area (Å²) in [5, 5.41) is 0.249. The molecule has 0 N–H and O–H groups in total. The van der Waals surface area contributed by atoms with Gasteiger partial charge in [-0.2, -0.15) is 0 Å². The minimum Gasteiger partial charge on any atom is -0.462 e. The molecule has 0 atom stereocenters. The van der Waals surface area contributed by atoms with Gasteiger partial charge in [-0.1, -0.05) is 36.4 Å². The van der Waals surface area contributed by atoms with Gasteiger partial charge < -0.3 is 18.6 Å². The van der Waals surface area contributed by atoms with Crippen molar-refractivity contribution < 1.29 is 28.2 Å². The van der Waals surface area contributed by atoms with Crippen LogP contribution in [-0.2, 0) is 4.74 Å². The van der Waals surface area contributed by atoms with Gasteiger partial charge in [-0.25, -0.2) is 14.5 Å². The highest BCUT2D eigenvalue weighted by atomic mass is 16.6. The molecule has 1 aromatic heterocycles. The third-order valence-corrected chi connectivity index (χ3v) is 5.72. The fraction of sp³-hybridized carbons (Fsp3) is 0.0645. The van der Waals surface area contributed by atoms with Crippen molar-refractivity contribution in [1.29, 1.82) is 0 Å². The Kier molecular flexibility index (Phi) is 7.36. The van der Waals surface area contributed by atoms with Gasteiger partial charge in [0.05, 0.1) is 28.9 Å². The molecular formula is C31H23NO7. The molecular weight excluding hydrogens is 498 g/mol. The molecule has 1 amide bonds. The lowest BCUT2D eigenvalue weighted by atomic mass is 10.2. The SMILES string of the molecule is CCOC(=O)c1ccc(Oc2coc3cc(OC(=O)N(c4ccccc4)c4ccccc4)ccc3c2=O)cc1. The minimum atomic E-state index is -0.625. The molecule has 8 nitrogen and oxygen atoms in total. The zero-order valence-corrected chi connectivity index (χ0v) is 20.9. The van der Waals surface area contributed by atoms with Crippen molar-refractivity contribution in [3.63, 3.8) is 0 Å². The van der Waals surface area contributed by atoms with Crippen LogP contribution in [0.25, 0.3) is 11.0 Å². The molecule has 4 aromatic carbocycles. The molecule has 39 heavy (non-hydrogen) atoms. The highest BCUT2D eigenvalue weighted by Gasteiger charge is 2.21. The summed E-state index contributed by atoms with van der Waals surface area (Å²) >= 11 is 0. The summed E-state index contributed by atoms with van der Waals surface area (Å²) in [5.74, 6) is 0.0785. The quantitative estimate of drug-likeness (QED) is 0.211. The van der Waals surface area contributed by atoms with Crippen LogP contribution < -0.4 is 19.8 Å². The summed E-state index contributed by atoms with van der Waals surface area (Å²) in [4.78, 5) is 39.5. The number of para-hydroxylation sites is 2. The fourth-order valence-electron chi connectivity index (χ4n) is 3.89. The Hall–Kier alpha value is -5.37. The number of fused-ring (bicyclic) bond motifs is 1. The molecule has 8 heteroatoms. The number of anilines is 2. The summed E-state index contributed by atoms with van der Waals surface area (Å²) in [6, 6.07) is 29.0. The first-order valence-electron chi connectivity index (χ1n) is 12.2. The van der Waals surface area contributed by atoms with E-state index < -0.39 is 17.5 Å². The molecule has 1 heterocycles. The first kappa shape index (κ1) is 25.3. The van der Waals surface area contributed by atoms with Gasteiger partial charge in [0.2, 0.25) is 11.2 Å². The molecule has 0 aliphatic carbocycles. The maximum absolute atomic E-state index is 13.2. The highest BCUT2D eigenvalue weighted by molar-refractivity contribution is 5.97. The van der Waals surface area contributed by atoms with Gasteiger partial charge in [-0.3, -0.25) is 4.79 Å². The maximum Gasteiger partial charge on any atom is 0.424 e. The highest BCUT2D eigenvalue weighted by Crippen LogP contribution is 2.28. The lowest BCUT2D eigenvalue weighted by Crippen LogP contribution is -2.29. The van der Waals surface area contributed by atoms with Crippen molar-refractivity contribution >= 4 is 34.4 Å². The van der Waals surface area contributed by atoms with E-state index in [1.54, 1.807) is 55.5 Å². The molecule has 0 aliphatic heterocycles. The number of ether oxygens (including phenoxy) is 3. The van der Waals surface area contributed by atoms with Gasteiger partial charge in [0.1, 0.15) is 23.3 Å². The van der Waals surface area contributed by atoms with Crippen molar-refractivity contribution in [2.24, 2.45) is 0 Å². The van der Waals surface area contributed by atoms with E-state index in [9.17, 15) is 14.4 Å². The lowest BCUT2D eigenvalue weighted by Gasteiger charge is -2.22. The van der Waals surface area contributed by atoms with E-state index in [1.165, 1.54) is 29.4 Å². The molecule has 5 aromatic rings. The average Bonchev–Trinajstić information content (AvgIpc) is 2.96. The van der Waals surface area contributed by atoms with Crippen LogP contribution in [0.2, 0.25) is 0 Å². The Bertz CT molecular complexity index is 1620. The predicted molar refractivity (Wildman–Crippen MR) is 146 cm³/mol. The van der Waals surface area contributed by atoms with Gasteiger partial charge in [-0.15, -0.1) is 0 Å². The van der Waals surface area contributed by atoms with E-state index in [1.807, 2.05) is 36.4 Å². The van der Waals surface area contributed by atoms with E-state index in [-0.39, 0.29) is 29.1 Å². The Labute approximate surface area is 223 Å². The standard InChI is InChI=1S/C31H23NO7/c1-2-36-30(34)21-13-15-24(16-14-21)38-28-20-37-27-19-25(17-18-26(27)29(28)33)39-31(35)32(22-9-5-3-6-10-22)23-11-7-4-8-12-23/h3-20H,2H2,1H3. The zero-order chi connectivity index (χ0) is 27.2. The van der Waals surface area contributed by atoms with Crippen LogP contribution in [0.15, 0.2) is 119 Å². The summed E-state index contributed by atoms with van der Waals surface area (Å²) in [6.07, 6.45) is 0.566. The van der Waals surface area contributed by atoms with Crippen molar-refractivity contribution in [2.45, 2.75) is 6.92 Å². The zero-order valence-electron chi connectivity index (χ0n) is 20.9. The Morgan fingerprint density at radius 3 is 2.03 bits per heavy atom. The van der Waals surface area contributed by atoms with Crippen LogP contribution >= 0.6 is 0 Å². The molecule has 0 unspecified atom stereocenters. The number of rotatable bonds is 7. The second-order valence-corrected chi connectivity index (χ2v) is 8.31. The Balaban J connectivity index is 1.36. The number of nitrogens with zero attached hydrogens (tertiary/aromatic N) is 1. The van der Waals surface area contributed by atoms with Gasteiger partial charge in [0.25, 0.3) is 0 Å². The van der Waals surface area contributed by atoms with Crippen molar-refractivity contribution in [3.05, 3.63) is 125 Å². The number of hydrogen-bond donors (Lipinski definition) is 0. The first-order valence-corrected chi connectivity index (χ1v) is 12.2. The maximum atomic E-state index is 13.2. The molecule has 0 saturated heterocycles. The van der Waals surface area contributed by atoms with Crippen LogP contribution in [0.4, 0.5) is 16.2 Å². The normalized spacial score (nSPS) is 10.6. The number of amides is 1. The average molecular weight is 522 g/mol. The van der Waals surface area contributed by atoms with E-state index in [0.29, 0.717) is 22.7 Å². The molecule has 0 fully saturated rings. The molecule has 0 aliphatic rings. The van der Waals surface area contributed by atoms with Crippen LogP contribution in [0.1, 0.15) is 17.3 Å². The largest absolute Gasteiger partial charge is 0.462 e. The second kappa shape index (κ2) is 11.4. The second-order valence-electron chi connectivity index (χ2n) is 8.31. The Morgan fingerprint density at radius 1 is 0.795 bits per heavy atom. The van der Waals surface area contributed by atoms with Crippen molar-refractivity contribution in [3.8, 4) is 17.2 Å². The molecule has 0 saturated carbocycles. The van der Waals surface area contributed by atoms with Crippen LogP contribution in [0.5, 0.6) is 17.2 Å². The number of hydrogen-bond acceptors (Lipinski definition) is 7. The number of carbonyl (C=O) groups is 2. The summed E-state index contributed by atoms with van der Waals surface area (Å²) in [5.41, 5.74) is 1.46. The van der Waals surface area contributed by atoms with E-state index in [4.69, 9.17) is 18.6 Å². The summed E-state index contributed by atoms with van der Waals surface area (Å²) in [7, 11) is 0. The smallest absolute Gasteiger partial charge is 0.424 e. The van der Waals surface area contributed by atoms with Crippen LogP contribution in [0.3, 0.4) is 0 Å². The lowest BCUT2D eigenvalue weighted by molar-refractivity contribution is 0.0526. The van der Waals surface area contributed by atoms with Crippen molar-refractivity contribution in [1.82, 2.24) is 0 Å². The van der Waals surface area contributed by atoms with Gasteiger partial charge >= 0.3 is 12.1 Å². The fourth-order valence-corrected chi connectivity index (χ4v) is 3.89. The van der Waals surface area contributed by atoms with E-state index in [2.05, 4.69) is 0 Å². The van der Waals surface area contributed by atoms with Gasteiger partial charge in [0.15, 0.2) is 0 Å². The minimum absolute atomic E-state index is 0.0320. The van der Waals surface area contributed by atoms with E-state index >= 15 is 0 Å². The summed E-state index contributed by atoms with van der Waals surface area (Å²) < 4.78 is 22.0. The first-order chi connectivity index (χ1) is 19.0. The third-order valence-electron chi connectivity index (χ3n) is 5.72. The Morgan fingerprint density at radius 2 is 1.41 bits per heavy atom. The monoisotopic (exact) mass is 521 g/mol. The van der Waals surface area contributed by atoms with Crippen molar-refractivity contribution in [2.75, 3.05) is 11.5 Å². The summed E-state index contributed by atoms with van der Waals surface area (Å²) in [6.45, 7) is 2.00. The van der Waals surface area contributed by atoms with Crippen LogP contribution in [-0.4, -0.2) is 18.7 Å². The van der Waals surface area contributed by atoms with E-state index in [0.717, 1.165) is 0 Å². The van der Waals surface area contributed by atoms with Gasteiger partial charge in [0, 0.05) is 6.07 Å². The number of carbonyl (C=O) groups excluding carboxylic acids is 2. The molecule has 5 rings (SSSR count). The molecule has 0 spiro atoms.